The van der Waals surface area contributed by atoms with Gasteiger partial charge in [0.2, 0.25) is 11.8 Å². The molecular formula is C27H28BrN3O3. The van der Waals surface area contributed by atoms with Gasteiger partial charge < -0.3 is 10.1 Å². The molecule has 2 amide bonds. The number of hydrogen-bond acceptors (Lipinski definition) is 4. The van der Waals surface area contributed by atoms with Crippen LogP contribution in [0.5, 0.6) is 5.75 Å². The van der Waals surface area contributed by atoms with Crippen molar-refractivity contribution in [3.8, 4) is 5.75 Å². The van der Waals surface area contributed by atoms with Crippen molar-refractivity contribution in [3.63, 3.8) is 0 Å². The molecule has 0 heterocycles. The second-order valence-corrected chi connectivity index (χ2v) is 8.98. The van der Waals surface area contributed by atoms with Crippen molar-refractivity contribution in [1.29, 1.82) is 0 Å². The summed E-state index contributed by atoms with van der Waals surface area (Å²) in [6.07, 6.45) is 1.67. The third-order valence-corrected chi connectivity index (χ3v) is 5.74. The first kappa shape index (κ1) is 25.2. The van der Waals surface area contributed by atoms with E-state index in [-0.39, 0.29) is 24.7 Å². The van der Waals surface area contributed by atoms with Crippen molar-refractivity contribution in [1.82, 2.24) is 5.43 Å². The number of nitrogens with one attached hydrogen (secondary N) is 2. The summed E-state index contributed by atoms with van der Waals surface area (Å²) < 4.78 is 6.66. The molecule has 0 atom stereocenters. The van der Waals surface area contributed by atoms with E-state index in [1.807, 2.05) is 69.3 Å². The number of hydrogen-bond donors (Lipinski definition) is 2. The zero-order valence-corrected chi connectivity index (χ0v) is 21.1. The third-order valence-electron chi connectivity index (χ3n) is 5.12. The molecule has 0 aliphatic heterocycles. The summed E-state index contributed by atoms with van der Waals surface area (Å²) in [4.78, 5) is 24.2. The van der Waals surface area contributed by atoms with Crippen molar-refractivity contribution in [2.45, 2.75) is 40.2 Å². The van der Waals surface area contributed by atoms with E-state index in [9.17, 15) is 9.59 Å². The number of rotatable bonds is 9. The second kappa shape index (κ2) is 12.1. The van der Waals surface area contributed by atoms with E-state index < -0.39 is 0 Å². The Morgan fingerprint density at radius 2 is 1.62 bits per heavy atom. The number of ether oxygens (including phenoxy) is 1. The van der Waals surface area contributed by atoms with Gasteiger partial charge in [0, 0.05) is 18.5 Å². The lowest BCUT2D eigenvalue weighted by Crippen LogP contribution is -2.20. The predicted octanol–water partition coefficient (Wildman–Crippen LogP) is 5.82. The molecule has 34 heavy (non-hydrogen) atoms. The van der Waals surface area contributed by atoms with Crippen LogP contribution in [0, 0.1) is 20.8 Å². The first-order chi connectivity index (χ1) is 16.3. The highest BCUT2D eigenvalue weighted by atomic mass is 79.9. The van der Waals surface area contributed by atoms with Crippen LogP contribution in [0.15, 0.2) is 70.2 Å². The molecule has 7 heteroatoms. The van der Waals surface area contributed by atoms with Gasteiger partial charge in [-0.2, -0.15) is 5.10 Å². The van der Waals surface area contributed by atoms with Crippen molar-refractivity contribution < 1.29 is 14.3 Å². The number of hydrazone groups is 1. The highest BCUT2D eigenvalue weighted by molar-refractivity contribution is 9.10. The lowest BCUT2D eigenvalue weighted by molar-refractivity contribution is -0.124. The van der Waals surface area contributed by atoms with E-state index in [0.717, 1.165) is 38.2 Å². The van der Waals surface area contributed by atoms with Crippen LogP contribution in [0.1, 0.15) is 40.7 Å². The van der Waals surface area contributed by atoms with Crippen molar-refractivity contribution in [2.75, 3.05) is 5.32 Å². The van der Waals surface area contributed by atoms with E-state index in [1.165, 1.54) is 5.56 Å². The maximum Gasteiger partial charge on any atom is 0.240 e. The lowest BCUT2D eigenvalue weighted by Gasteiger charge is -2.09. The Balaban J connectivity index is 1.43. The molecule has 3 rings (SSSR count). The Morgan fingerprint density at radius 3 is 2.35 bits per heavy atom. The predicted molar refractivity (Wildman–Crippen MR) is 139 cm³/mol. The molecule has 0 aliphatic carbocycles. The fourth-order valence-electron chi connectivity index (χ4n) is 3.10. The van der Waals surface area contributed by atoms with Gasteiger partial charge in [-0.3, -0.25) is 9.59 Å². The van der Waals surface area contributed by atoms with Gasteiger partial charge in [0.05, 0.1) is 10.7 Å². The minimum absolute atomic E-state index is 0.0452. The first-order valence-corrected chi connectivity index (χ1v) is 11.8. The SMILES string of the molecule is Cc1ccc(COc2ccc(C=NNC(=O)CCC(=O)Nc3cc(C)ccc3C)cc2Br)cc1. The van der Waals surface area contributed by atoms with E-state index in [0.29, 0.717) is 6.61 Å². The number of carbonyl (C=O) groups is 2. The van der Waals surface area contributed by atoms with Crippen molar-refractivity contribution in [2.24, 2.45) is 5.10 Å². The highest BCUT2D eigenvalue weighted by Crippen LogP contribution is 2.26. The zero-order valence-electron chi connectivity index (χ0n) is 19.5. The van der Waals surface area contributed by atoms with Crippen LogP contribution in [-0.2, 0) is 16.2 Å². The monoisotopic (exact) mass is 521 g/mol. The number of halogens is 1. The first-order valence-electron chi connectivity index (χ1n) is 11.0. The summed E-state index contributed by atoms with van der Waals surface area (Å²) in [7, 11) is 0. The second-order valence-electron chi connectivity index (χ2n) is 8.12. The molecule has 0 bridgehead atoms. The molecule has 0 spiro atoms. The Kier molecular flexibility index (Phi) is 8.99. The van der Waals surface area contributed by atoms with E-state index >= 15 is 0 Å². The molecule has 0 aromatic heterocycles. The van der Waals surface area contributed by atoms with Crippen LogP contribution < -0.4 is 15.5 Å². The summed E-state index contributed by atoms with van der Waals surface area (Å²) in [6.45, 7) is 6.41. The molecular weight excluding hydrogens is 494 g/mol. The lowest BCUT2D eigenvalue weighted by atomic mass is 10.1. The fraction of sp³-hybridized carbons (Fsp3) is 0.222. The van der Waals surface area contributed by atoms with Gasteiger partial charge in [-0.25, -0.2) is 5.43 Å². The quantitative estimate of drug-likeness (QED) is 0.275. The average Bonchev–Trinajstić information content (AvgIpc) is 2.80. The highest BCUT2D eigenvalue weighted by Gasteiger charge is 2.08. The number of anilines is 1. The van der Waals surface area contributed by atoms with Crippen LogP contribution >= 0.6 is 15.9 Å². The van der Waals surface area contributed by atoms with Gasteiger partial charge in [0.1, 0.15) is 12.4 Å². The minimum atomic E-state index is -0.329. The van der Waals surface area contributed by atoms with Crippen LogP contribution in [0.4, 0.5) is 5.69 Å². The minimum Gasteiger partial charge on any atom is -0.488 e. The molecule has 176 valence electrons. The number of nitrogens with zero attached hydrogens (tertiary/aromatic N) is 1. The largest absolute Gasteiger partial charge is 0.488 e. The molecule has 3 aromatic rings. The van der Waals surface area contributed by atoms with Gasteiger partial charge in [0.15, 0.2) is 0 Å². The number of carbonyl (C=O) groups excluding carboxylic acids is 2. The van der Waals surface area contributed by atoms with Gasteiger partial charge in [-0.05, 0) is 83.2 Å². The van der Waals surface area contributed by atoms with Gasteiger partial charge in [-0.1, -0.05) is 42.0 Å². The topological polar surface area (TPSA) is 79.8 Å². The third kappa shape index (κ3) is 7.85. The van der Waals surface area contributed by atoms with Crippen molar-refractivity contribution >= 4 is 39.6 Å². The molecule has 0 fully saturated rings. The summed E-state index contributed by atoms with van der Waals surface area (Å²) in [6, 6.07) is 19.6. The van der Waals surface area contributed by atoms with Gasteiger partial charge in [-0.15, -0.1) is 0 Å². The summed E-state index contributed by atoms with van der Waals surface area (Å²) >= 11 is 3.51. The molecule has 0 radical (unpaired) electrons. The number of amides is 2. The molecule has 0 saturated heterocycles. The van der Waals surface area contributed by atoms with Crippen LogP contribution in [-0.4, -0.2) is 18.0 Å². The van der Waals surface area contributed by atoms with Gasteiger partial charge >= 0.3 is 0 Å². The van der Waals surface area contributed by atoms with Crippen molar-refractivity contribution in [3.05, 3.63) is 93.0 Å². The smallest absolute Gasteiger partial charge is 0.240 e. The molecule has 0 saturated carbocycles. The Hall–Kier alpha value is -3.45. The normalized spacial score (nSPS) is 10.8. The Bertz CT molecular complexity index is 1190. The van der Waals surface area contributed by atoms with Crippen LogP contribution in [0.3, 0.4) is 0 Å². The fourth-order valence-corrected chi connectivity index (χ4v) is 3.62. The Morgan fingerprint density at radius 1 is 0.912 bits per heavy atom. The van der Waals surface area contributed by atoms with Crippen LogP contribution in [0.25, 0.3) is 0 Å². The molecule has 3 aromatic carbocycles. The molecule has 2 N–H and O–H groups in total. The van der Waals surface area contributed by atoms with E-state index in [4.69, 9.17) is 4.74 Å². The van der Waals surface area contributed by atoms with E-state index in [1.54, 1.807) is 6.21 Å². The average molecular weight is 522 g/mol. The summed E-state index contributed by atoms with van der Waals surface area (Å²) in [5, 5.41) is 6.83. The maximum atomic E-state index is 12.2. The molecule has 0 unspecified atom stereocenters. The standard InChI is InChI=1S/C27H28BrN3O3/c1-18-5-8-21(9-6-18)17-34-25-11-10-22(15-23(25)28)16-29-31-27(33)13-12-26(32)30-24-14-19(2)4-7-20(24)3/h4-11,14-16H,12-13,17H2,1-3H3,(H,30,32)(H,31,33). The Labute approximate surface area is 208 Å². The summed E-state index contributed by atoms with van der Waals surface area (Å²) in [5.74, 6) is 0.180. The molecule has 0 aliphatic rings. The van der Waals surface area contributed by atoms with E-state index in [2.05, 4.69) is 43.9 Å². The van der Waals surface area contributed by atoms with Gasteiger partial charge in [0.25, 0.3) is 0 Å². The zero-order chi connectivity index (χ0) is 24.5. The molecule has 6 nitrogen and oxygen atoms in total. The van der Waals surface area contributed by atoms with Crippen LogP contribution in [0.2, 0.25) is 0 Å². The number of aryl methyl sites for hydroxylation is 3. The maximum absolute atomic E-state index is 12.2. The number of benzene rings is 3. The summed E-state index contributed by atoms with van der Waals surface area (Å²) in [5.41, 5.74) is 8.36.